The molecule has 0 amide bonds. The Balaban J connectivity index is 1.74. The van der Waals surface area contributed by atoms with Gasteiger partial charge in [0.2, 0.25) is 0 Å². The number of aryl methyl sites for hydroxylation is 1. The van der Waals surface area contributed by atoms with E-state index in [1.807, 2.05) is 36.7 Å². The maximum absolute atomic E-state index is 12.9. The Bertz CT molecular complexity index is 836. The molecule has 0 bridgehead atoms. The molecular formula is C19H19FN4. The van der Waals surface area contributed by atoms with Crippen molar-refractivity contribution >= 4 is 11.9 Å². The van der Waals surface area contributed by atoms with Gasteiger partial charge in [0, 0.05) is 11.3 Å². The van der Waals surface area contributed by atoms with Crippen LogP contribution in [0, 0.1) is 19.7 Å². The third-order valence-electron chi connectivity index (χ3n) is 3.84. The summed E-state index contributed by atoms with van der Waals surface area (Å²) in [7, 11) is 0. The second-order valence-electron chi connectivity index (χ2n) is 5.60. The zero-order valence-electron chi connectivity index (χ0n) is 13.7. The van der Waals surface area contributed by atoms with Crippen molar-refractivity contribution in [3.05, 3.63) is 82.9 Å². The van der Waals surface area contributed by atoms with E-state index in [4.69, 9.17) is 0 Å². The molecule has 0 saturated heterocycles. The van der Waals surface area contributed by atoms with Gasteiger partial charge in [-0.3, -0.25) is 10.1 Å². The van der Waals surface area contributed by atoms with Crippen LogP contribution < -0.4 is 5.43 Å². The molecule has 5 heteroatoms. The number of halogens is 1. The number of anilines is 1. The molecule has 0 fully saturated rings. The lowest BCUT2D eigenvalue weighted by molar-refractivity contribution is 0.628. The van der Waals surface area contributed by atoms with E-state index < -0.39 is 0 Å². The first-order valence-electron chi connectivity index (χ1n) is 7.76. The lowest BCUT2D eigenvalue weighted by Crippen LogP contribution is -2.04. The summed E-state index contributed by atoms with van der Waals surface area (Å²) in [6.45, 7) is 4.72. The highest BCUT2D eigenvalue weighted by Gasteiger charge is 2.09. The van der Waals surface area contributed by atoms with Gasteiger partial charge in [-0.2, -0.15) is 10.2 Å². The van der Waals surface area contributed by atoms with Gasteiger partial charge in [0.25, 0.3) is 0 Å². The van der Waals surface area contributed by atoms with E-state index in [0.717, 1.165) is 29.2 Å². The molecule has 1 aromatic heterocycles. The van der Waals surface area contributed by atoms with Crippen LogP contribution in [0.5, 0.6) is 0 Å². The average Bonchev–Trinajstić information content (AvgIpc) is 2.85. The second-order valence-corrected chi connectivity index (χ2v) is 5.60. The Labute approximate surface area is 140 Å². The topological polar surface area (TPSA) is 42.2 Å². The highest BCUT2D eigenvalue weighted by atomic mass is 19.1. The smallest absolute Gasteiger partial charge is 0.123 e. The second kappa shape index (κ2) is 7.08. The fourth-order valence-corrected chi connectivity index (χ4v) is 2.50. The van der Waals surface area contributed by atoms with Crippen molar-refractivity contribution in [1.82, 2.24) is 9.78 Å². The third-order valence-corrected chi connectivity index (χ3v) is 3.84. The molecule has 0 radical (unpaired) electrons. The minimum Gasteiger partial charge on any atom is -0.278 e. The van der Waals surface area contributed by atoms with Gasteiger partial charge < -0.3 is 0 Å². The number of hydrazone groups is 1. The number of nitrogens with zero attached hydrogens (tertiary/aromatic N) is 3. The SMILES string of the molecule is Cc1nn(Cc2ccccc2)c(C)c1/C=N\Nc1ccc(F)cc1. The molecule has 0 atom stereocenters. The fourth-order valence-electron chi connectivity index (χ4n) is 2.50. The van der Waals surface area contributed by atoms with E-state index in [1.54, 1.807) is 18.3 Å². The van der Waals surface area contributed by atoms with Crippen molar-refractivity contribution in [1.29, 1.82) is 0 Å². The molecular weight excluding hydrogens is 303 g/mol. The van der Waals surface area contributed by atoms with Crippen LogP contribution in [0.1, 0.15) is 22.5 Å². The number of benzene rings is 2. The normalized spacial score (nSPS) is 11.1. The zero-order valence-corrected chi connectivity index (χ0v) is 13.7. The molecule has 1 N–H and O–H groups in total. The molecule has 122 valence electrons. The minimum absolute atomic E-state index is 0.265. The Kier molecular flexibility index (Phi) is 4.70. The molecule has 0 spiro atoms. The predicted molar refractivity (Wildman–Crippen MR) is 94.9 cm³/mol. The van der Waals surface area contributed by atoms with Gasteiger partial charge in [0.15, 0.2) is 0 Å². The van der Waals surface area contributed by atoms with Crippen molar-refractivity contribution in [2.45, 2.75) is 20.4 Å². The Morgan fingerprint density at radius 2 is 1.79 bits per heavy atom. The van der Waals surface area contributed by atoms with Crippen molar-refractivity contribution in [2.75, 3.05) is 5.43 Å². The van der Waals surface area contributed by atoms with E-state index >= 15 is 0 Å². The van der Waals surface area contributed by atoms with Crippen LogP contribution in [-0.4, -0.2) is 16.0 Å². The summed E-state index contributed by atoms with van der Waals surface area (Å²) in [5.41, 5.74) is 7.81. The maximum atomic E-state index is 12.9. The molecule has 0 saturated carbocycles. The molecule has 1 heterocycles. The molecule has 0 unspecified atom stereocenters. The number of aromatic nitrogens is 2. The molecule has 0 aliphatic carbocycles. The third kappa shape index (κ3) is 3.68. The first kappa shape index (κ1) is 15.9. The number of nitrogens with one attached hydrogen (secondary N) is 1. The minimum atomic E-state index is -0.265. The first-order chi connectivity index (χ1) is 11.6. The summed E-state index contributed by atoms with van der Waals surface area (Å²) in [5, 5.41) is 8.82. The summed E-state index contributed by atoms with van der Waals surface area (Å²) in [6, 6.07) is 16.3. The summed E-state index contributed by atoms with van der Waals surface area (Å²) in [4.78, 5) is 0. The van der Waals surface area contributed by atoms with Crippen LogP contribution in [0.2, 0.25) is 0 Å². The summed E-state index contributed by atoms with van der Waals surface area (Å²) < 4.78 is 14.9. The molecule has 0 aliphatic rings. The summed E-state index contributed by atoms with van der Waals surface area (Å²) >= 11 is 0. The van der Waals surface area contributed by atoms with Gasteiger partial charge in [-0.1, -0.05) is 30.3 Å². The van der Waals surface area contributed by atoms with Gasteiger partial charge >= 0.3 is 0 Å². The molecule has 0 aliphatic heterocycles. The molecule has 4 nitrogen and oxygen atoms in total. The Hall–Kier alpha value is -2.95. The number of rotatable bonds is 5. The largest absolute Gasteiger partial charge is 0.278 e. The van der Waals surface area contributed by atoms with E-state index in [9.17, 15) is 4.39 Å². The van der Waals surface area contributed by atoms with Gasteiger partial charge in [0.05, 0.1) is 24.1 Å². The standard InChI is InChI=1S/C19H19FN4/c1-14-19(12-21-22-18-10-8-17(20)9-11-18)15(2)24(23-14)13-16-6-4-3-5-7-16/h3-12,22H,13H2,1-2H3/b21-12-. The van der Waals surface area contributed by atoms with Gasteiger partial charge in [0.1, 0.15) is 5.82 Å². The fraction of sp³-hybridized carbons (Fsp3) is 0.158. The van der Waals surface area contributed by atoms with Crippen LogP contribution in [0.3, 0.4) is 0 Å². The monoisotopic (exact) mass is 322 g/mol. The lowest BCUT2D eigenvalue weighted by Gasteiger charge is -2.04. The zero-order chi connectivity index (χ0) is 16.9. The van der Waals surface area contributed by atoms with Crippen LogP contribution in [0.15, 0.2) is 59.7 Å². The van der Waals surface area contributed by atoms with E-state index in [1.165, 1.54) is 17.7 Å². The van der Waals surface area contributed by atoms with E-state index in [2.05, 4.69) is 27.8 Å². The van der Waals surface area contributed by atoms with Crippen LogP contribution in [0.4, 0.5) is 10.1 Å². The van der Waals surface area contributed by atoms with Gasteiger partial charge in [-0.15, -0.1) is 0 Å². The van der Waals surface area contributed by atoms with Crippen molar-refractivity contribution < 1.29 is 4.39 Å². The van der Waals surface area contributed by atoms with Crippen LogP contribution >= 0.6 is 0 Å². The Morgan fingerprint density at radius 3 is 2.50 bits per heavy atom. The average molecular weight is 322 g/mol. The predicted octanol–water partition coefficient (Wildman–Crippen LogP) is 4.13. The summed E-state index contributed by atoms with van der Waals surface area (Å²) in [5.74, 6) is -0.265. The Morgan fingerprint density at radius 1 is 1.08 bits per heavy atom. The summed E-state index contributed by atoms with van der Waals surface area (Å²) in [6.07, 6.45) is 1.75. The van der Waals surface area contributed by atoms with Crippen LogP contribution in [-0.2, 0) is 6.54 Å². The molecule has 3 rings (SSSR count). The van der Waals surface area contributed by atoms with E-state index in [0.29, 0.717) is 0 Å². The molecule has 24 heavy (non-hydrogen) atoms. The van der Waals surface area contributed by atoms with E-state index in [-0.39, 0.29) is 5.82 Å². The maximum Gasteiger partial charge on any atom is 0.123 e. The first-order valence-corrected chi connectivity index (χ1v) is 7.76. The molecule has 2 aromatic carbocycles. The van der Waals surface area contributed by atoms with Crippen molar-refractivity contribution in [3.8, 4) is 0 Å². The number of hydrogen-bond donors (Lipinski definition) is 1. The quantitative estimate of drug-likeness (QED) is 0.567. The van der Waals surface area contributed by atoms with Crippen molar-refractivity contribution in [3.63, 3.8) is 0 Å². The highest BCUT2D eigenvalue weighted by molar-refractivity contribution is 5.83. The van der Waals surface area contributed by atoms with Gasteiger partial charge in [-0.05, 0) is 43.7 Å². The molecule has 3 aromatic rings. The number of hydrogen-bond acceptors (Lipinski definition) is 3. The lowest BCUT2D eigenvalue weighted by atomic mass is 10.2. The van der Waals surface area contributed by atoms with Gasteiger partial charge in [-0.25, -0.2) is 4.39 Å². The highest BCUT2D eigenvalue weighted by Crippen LogP contribution is 2.13. The van der Waals surface area contributed by atoms with Crippen LogP contribution in [0.25, 0.3) is 0 Å². The van der Waals surface area contributed by atoms with Crippen molar-refractivity contribution in [2.24, 2.45) is 5.10 Å².